The summed E-state index contributed by atoms with van der Waals surface area (Å²) in [6.45, 7) is 2.38. The lowest BCUT2D eigenvalue weighted by molar-refractivity contribution is 0.252. The first kappa shape index (κ1) is 11.9. The molecule has 2 aliphatic rings. The second-order valence-electron chi connectivity index (χ2n) is 5.72. The van der Waals surface area contributed by atoms with Crippen LogP contribution in [-0.2, 0) is 0 Å². The van der Waals surface area contributed by atoms with Gasteiger partial charge in [0.25, 0.3) is 0 Å². The molecule has 1 aromatic heterocycles. The smallest absolute Gasteiger partial charge is 0.132 e. The lowest BCUT2D eigenvalue weighted by Gasteiger charge is -2.35. The molecule has 1 aromatic rings. The Kier molecular flexibility index (Phi) is 3.20. The third-order valence-electron chi connectivity index (χ3n) is 4.27. The van der Waals surface area contributed by atoms with Crippen molar-refractivity contribution < 1.29 is 0 Å². The van der Waals surface area contributed by atoms with Crippen LogP contribution in [0.2, 0.25) is 0 Å². The number of piperidine rings is 1. The molecule has 4 nitrogen and oxygen atoms in total. The molecule has 0 atom stereocenters. The van der Waals surface area contributed by atoms with Crippen LogP contribution in [0, 0.1) is 0 Å². The summed E-state index contributed by atoms with van der Waals surface area (Å²) in [6, 6.07) is 2.82. The maximum Gasteiger partial charge on any atom is 0.132 e. The van der Waals surface area contributed by atoms with Crippen molar-refractivity contribution in [3.63, 3.8) is 0 Å². The van der Waals surface area contributed by atoms with E-state index in [1.807, 2.05) is 0 Å². The van der Waals surface area contributed by atoms with Gasteiger partial charge in [0.2, 0.25) is 0 Å². The van der Waals surface area contributed by atoms with Crippen molar-refractivity contribution in [2.45, 2.75) is 37.6 Å². The lowest BCUT2D eigenvalue weighted by atomic mass is 10.0. The zero-order chi connectivity index (χ0) is 12.5. The van der Waals surface area contributed by atoms with Gasteiger partial charge in [-0.2, -0.15) is 0 Å². The third-order valence-corrected chi connectivity index (χ3v) is 4.27. The van der Waals surface area contributed by atoms with Gasteiger partial charge in [0.1, 0.15) is 12.1 Å². The van der Waals surface area contributed by atoms with E-state index in [1.54, 1.807) is 6.33 Å². The SMILES string of the molecule is CN1CCC(N(C)c2cc(C3CC3)ncn2)CC1. The molecule has 0 bridgehead atoms. The van der Waals surface area contributed by atoms with Crippen LogP contribution in [0.25, 0.3) is 0 Å². The molecule has 1 aliphatic carbocycles. The summed E-state index contributed by atoms with van der Waals surface area (Å²) in [6.07, 6.45) is 6.79. The minimum Gasteiger partial charge on any atom is -0.356 e. The van der Waals surface area contributed by atoms with Gasteiger partial charge in [-0.05, 0) is 45.8 Å². The van der Waals surface area contributed by atoms with Crippen molar-refractivity contribution >= 4 is 5.82 Å². The predicted octanol–water partition coefficient (Wildman–Crippen LogP) is 1.88. The Morgan fingerprint density at radius 2 is 1.89 bits per heavy atom. The Bertz CT molecular complexity index is 408. The monoisotopic (exact) mass is 246 g/mol. The molecule has 0 aromatic carbocycles. The first-order valence-electron chi connectivity index (χ1n) is 6.97. The van der Waals surface area contributed by atoms with E-state index in [-0.39, 0.29) is 0 Å². The van der Waals surface area contributed by atoms with E-state index in [0.29, 0.717) is 12.0 Å². The topological polar surface area (TPSA) is 32.3 Å². The van der Waals surface area contributed by atoms with Crippen LogP contribution in [0.15, 0.2) is 12.4 Å². The Balaban J connectivity index is 1.71. The van der Waals surface area contributed by atoms with Crippen molar-refractivity contribution in [2.24, 2.45) is 0 Å². The molecule has 0 unspecified atom stereocenters. The quantitative estimate of drug-likeness (QED) is 0.815. The molecular formula is C14H22N4. The molecule has 0 spiro atoms. The number of hydrogen-bond donors (Lipinski definition) is 0. The second-order valence-corrected chi connectivity index (χ2v) is 5.72. The number of hydrogen-bond acceptors (Lipinski definition) is 4. The van der Waals surface area contributed by atoms with Gasteiger partial charge in [0.15, 0.2) is 0 Å². The van der Waals surface area contributed by atoms with Gasteiger partial charge < -0.3 is 9.80 Å². The average Bonchev–Trinajstić information content (AvgIpc) is 3.23. The summed E-state index contributed by atoms with van der Waals surface area (Å²) in [5, 5.41) is 0. The highest BCUT2D eigenvalue weighted by atomic mass is 15.2. The Labute approximate surface area is 109 Å². The maximum atomic E-state index is 4.44. The highest BCUT2D eigenvalue weighted by Crippen LogP contribution is 2.39. The summed E-state index contributed by atoms with van der Waals surface area (Å²) in [7, 11) is 4.38. The highest BCUT2D eigenvalue weighted by Gasteiger charge is 2.27. The van der Waals surface area contributed by atoms with Gasteiger partial charge in [-0.3, -0.25) is 0 Å². The van der Waals surface area contributed by atoms with Crippen molar-refractivity contribution in [1.29, 1.82) is 0 Å². The summed E-state index contributed by atoms with van der Waals surface area (Å²) >= 11 is 0. The third kappa shape index (κ3) is 2.48. The fourth-order valence-electron chi connectivity index (χ4n) is 2.73. The number of aromatic nitrogens is 2. The zero-order valence-corrected chi connectivity index (χ0v) is 11.3. The van der Waals surface area contributed by atoms with Gasteiger partial charge in [-0.15, -0.1) is 0 Å². The molecular weight excluding hydrogens is 224 g/mol. The zero-order valence-electron chi connectivity index (χ0n) is 11.3. The van der Waals surface area contributed by atoms with E-state index in [4.69, 9.17) is 0 Å². The Hall–Kier alpha value is -1.16. The van der Waals surface area contributed by atoms with Crippen LogP contribution in [-0.4, -0.2) is 48.1 Å². The van der Waals surface area contributed by atoms with Gasteiger partial charge >= 0.3 is 0 Å². The molecule has 1 aliphatic heterocycles. The molecule has 4 heteroatoms. The van der Waals surface area contributed by atoms with Crippen LogP contribution >= 0.6 is 0 Å². The second kappa shape index (κ2) is 4.84. The van der Waals surface area contributed by atoms with Crippen LogP contribution in [0.1, 0.15) is 37.3 Å². The van der Waals surface area contributed by atoms with E-state index in [2.05, 4.69) is 39.9 Å². The van der Waals surface area contributed by atoms with Gasteiger partial charge in [0.05, 0.1) is 0 Å². The van der Waals surface area contributed by atoms with E-state index < -0.39 is 0 Å². The van der Waals surface area contributed by atoms with Crippen LogP contribution < -0.4 is 4.90 Å². The summed E-state index contributed by atoms with van der Waals surface area (Å²) in [5.41, 5.74) is 1.24. The fraction of sp³-hybridized carbons (Fsp3) is 0.714. The maximum absolute atomic E-state index is 4.44. The first-order valence-corrected chi connectivity index (χ1v) is 6.97. The van der Waals surface area contributed by atoms with Gasteiger partial charge in [0, 0.05) is 30.8 Å². The molecule has 98 valence electrons. The lowest BCUT2D eigenvalue weighted by Crippen LogP contribution is -2.42. The fourth-order valence-corrected chi connectivity index (χ4v) is 2.73. The largest absolute Gasteiger partial charge is 0.356 e. The van der Waals surface area contributed by atoms with Crippen molar-refractivity contribution in [2.75, 3.05) is 32.1 Å². The van der Waals surface area contributed by atoms with Gasteiger partial charge in [-0.25, -0.2) is 9.97 Å². The molecule has 18 heavy (non-hydrogen) atoms. The van der Waals surface area contributed by atoms with Crippen LogP contribution in [0.4, 0.5) is 5.82 Å². The number of nitrogens with zero attached hydrogens (tertiary/aromatic N) is 4. The van der Waals surface area contributed by atoms with Crippen molar-refractivity contribution in [3.8, 4) is 0 Å². The van der Waals surface area contributed by atoms with E-state index in [0.717, 1.165) is 5.82 Å². The molecule has 3 rings (SSSR count). The molecule has 1 saturated carbocycles. The molecule has 0 amide bonds. The van der Waals surface area contributed by atoms with E-state index in [9.17, 15) is 0 Å². The number of rotatable bonds is 3. The normalized spacial score (nSPS) is 22.1. The summed E-state index contributed by atoms with van der Waals surface area (Å²) in [4.78, 5) is 13.6. The number of likely N-dealkylation sites (tertiary alicyclic amines) is 1. The van der Waals surface area contributed by atoms with Crippen molar-refractivity contribution in [3.05, 3.63) is 18.1 Å². The minimum absolute atomic E-state index is 0.628. The Morgan fingerprint density at radius 1 is 1.17 bits per heavy atom. The minimum atomic E-state index is 0.628. The van der Waals surface area contributed by atoms with E-state index >= 15 is 0 Å². The van der Waals surface area contributed by atoms with Crippen LogP contribution in [0.5, 0.6) is 0 Å². The number of anilines is 1. The van der Waals surface area contributed by atoms with Gasteiger partial charge in [-0.1, -0.05) is 0 Å². The molecule has 0 radical (unpaired) electrons. The molecule has 2 fully saturated rings. The standard InChI is InChI=1S/C14H22N4/c1-17-7-5-12(6-8-17)18(2)14-9-13(11-3-4-11)15-10-16-14/h9-12H,3-8H2,1-2H3. The molecule has 2 heterocycles. The molecule has 1 saturated heterocycles. The van der Waals surface area contributed by atoms with Crippen LogP contribution in [0.3, 0.4) is 0 Å². The average molecular weight is 246 g/mol. The predicted molar refractivity (Wildman–Crippen MR) is 72.9 cm³/mol. The Morgan fingerprint density at radius 3 is 2.56 bits per heavy atom. The summed E-state index contributed by atoms with van der Waals surface area (Å²) in [5.74, 6) is 1.80. The molecule has 0 N–H and O–H groups in total. The summed E-state index contributed by atoms with van der Waals surface area (Å²) < 4.78 is 0. The highest BCUT2D eigenvalue weighted by molar-refractivity contribution is 5.40. The van der Waals surface area contributed by atoms with E-state index in [1.165, 1.54) is 44.5 Å². The van der Waals surface area contributed by atoms with Crippen molar-refractivity contribution in [1.82, 2.24) is 14.9 Å². The first-order chi connectivity index (χ1) is 8.74.